The van der Waals surface area contributed by atoms with Gasteiger partial charge in [0.25, 0.3) is 0 Å². The Kier molecular flexibility index (Phi) is 5.58. The largest absolute Gasteiger partial charge is 0.476 e. The van der Waals surface area contributed by atoms with Crippen molar-refractivity contribution in [1.82, 2.24) is 9.97 Å². The fourth-order valence-electron chi connectivity index (χ4n) is 1.97. The number of carboxylic acids is 1. The number of aromatic nitrogens is 2. The number of carboxylic acid groups (broad SMARTS) is 1. The van der Waals surface area contributed by atoms with E-state index in [-0.39, 0.29) is 22.9 Å². The maximum atomic E-state index is 12.9. The van der Waals surface area contributed by atoms with Gasteiger partial charge in [-0.1, -0.05) is 41.9 Å². The summed E-state index contributed by atoms with van der Waals surface area (Å²) in [5.74, 6) is -4.42. The Morgan fingerprint density at radius 3 is 2.40 bits per heavy atom. The van der Waals surface area contributed by atoms with E-state index in [1.165, 1.54) is 0 Å². The molecule has 10 heteroatoms. The molecule has 0 bridgehead atoms. The van der Waals surface area contributed by atoms with E-state index in [1.54, 1.807) is 30.3 Å². The van der Waals surface area contributed by atoms with Crippen molar-refractivity contribution < 1.29 is 27.9 Å². The van der Waals surface area contributed by atoms with E-state index in [0.29, 0.717) is 5.56 Å². The van der Waals surface area contributed by atoms with Crippen LogP contribution in [-0.4, -0.2) is 39.7 Å². The van der Waals surface area contributed by atoms with Gasteiger partial charge < -0.3 is 5.11 Å². The van der Waals surface area contributed by atoms with Crippen LogP contribution in [0.15, 0.2) is 36.5 Å². The number of amides is 1. The van der Waals surface area contributed by atoms with E-state index < -0.39 is 29.7 Å². The van der Waals surface area contributed by atoms with Gasteiger partial charge in [-0.2, -0.15) is 13.2 Å². The van der Waals surface area contributed by atoms with Crippen molar-refractivity contribution in [2.45, 2.75) is 12.6 Å². The van der Waals surface area contributed by atoms with Gasteiger partial charge in [-0.05, 0) is 12.0 Å². The maximum Gasteiger partial charge on any atom is 0.471 e. The zero-order chi connectivity index (χ0) is 18.6. The predicted octanol–water partition coefficient (Wildman–Crippen LogP) is 2.97. The summed E-state index contributed by atoms with van der Waals surface area (Å²) in [6.45, 7) is -0.386. The molecule has 0 spiro atoms. The fourth-order valence-corrected chi connectivity index (χ4v) is 2.14. The Morgan fingerprint density at radius 1 is 1.20 bits per heavy atom. The number of carbonyl (C=O) groups is 2. The second kappa shape index (κ2) is 7.47. The summed E-state index contributed by atoms with van der Waals surface area (Å²) < 4.78 is 38.6. The molecule has 1 amide bonds. The van der Waals surface area contributed by atoms with Crippen LogP contribution in [0.4, 0.5) is 19.1 Å². The highest BCUT2D eigenvalue weighted by Gasteiger charge is 2.44. The van der Waals surface area contributed by atoms with Crippen LogP contribution in [0.25, 0.3) is 0 Å². The van der Waals surface area contributed by atoms with Crippen molar-refractivity contribution in [2.24, 2.45) is 0 Å². The first-order chi connectivity index (χ1) is 11.7. The predicted molar refractivity (Wildman–Crippen MR) is 82.6 cm³/mol. The second-order valence-corrected chi connectivity index (χ2v) is 5.27. The molecule has 0 aliphatic rings. The number of hydrogen-bond donors (Lipinski definition) is 1. The molecule has 0 unspecified atom stereocenters. The minimum absolute atomic E-state index is 0.0943. The molecule has 0 saturated carbocycles. The highest BCUT2D eigenvalue weighted by atomic mass is 35.5. The van der Waals surface area contributed by atoms with Crippen molar-refractivity contribution in [3.8, 4) is 0 Å². The highest BCUT2D eigenvalue weighted by Crippen LogP contribution is 2.23. The number of nitrogens with zero attached hydrogens (tertiary/aromatic N) is 3. The molecule has 1 N–H and O–H groups in total. The molecule has 0 radical (unpaired) electrons. The summed E-state index contributed by atoms with van der Waals surface area (Å²) in [4.78, 5) is 30.1. The SMILES string of the molecule is O=C(O)c1nc(N(CCc2ccccc2)C(=O)C(F)(F)F)ncc1Cl. The van der Waals surface area contributed by atoms with Crippen LogP contribution in [0, 0.1) is 0 Å². The average molecular weight is 374 g/mol. The summed E-state index contributed by atoms with van der Waals surface area (Å²) in [5.41, 5.74) is 0.00116. The van der Waals surface area contributed by atoms with Crippen molar-refractivity contribution in [1.29, 1.82) is 0 Å². The quantitative estimate of drug-likeness (QED) is 0.871. The zero-order valence-electron chi connectivity index (χ0n) is 12.5. The van der Waals surface area contributed by atoms with Gasteiger partial charge >= 0.3 is 18.1 Å². The van der Waals surface area contributed by atoms with Gasteiger partial charge in [0.2, 0.25) is 5.95 Å². The molecular formula is C15H11ClF3N3O3. The first-order valence-electron chi connectivity index (χ1n) is 6.88. The molecule has 2 aromatic rings. The normalized spacial score (nSPS) is 11.2. The summed E-state index contributed by atoms with van der Waals surface area (Å²) in [6.07, 6.45) is -4.23. The van der Waals surface area contributed by atoms with Crippen molar-refractivity contribution in [2.75, 3.05) is 11.4 Å². The average Bonchev–Trinajstić information content (AvgIpc) is 2.56. The lowest BCUT2D eigenvalue weighted by Gasteiger charge is -2.22. The Morgan fingerprint density at radius 2 is 1.84 bits per heavy atom. The number of alkyl halides is 3. The number of aromatic carboxylic acids is 1. The molecule has 0 saturated heterocycles. The minimum atomic E-state index is -5.16. The van der Waals surface area contributed by atoms with E-state index >= 15 is 0 Å². The van der Waals surface area contributed by atoms with Crippen LogP contribution in [0.2, 0.25) is 5.02 Å². The molecule has 0 atom stereocenters. The lowest BCUT2D eigenvalue weighted by atomic mass is 10.1. The molecule has 25 heavy (non-hydrogen) atoms. The monoisotopic (exact) mass is 373 g/mol. The van der Waals surface area contributed by atoms with Crippen molar-refractivity contribution in [3.63, 3.8) is 0 Å². The number of carbonyl (C=O) groups excluding carboxylic acids is 1. The highest BCUT2D eigenvalue weighted by molar-refractivity contribution is 6.33. The third-order valence-corrected chi connectivity index (χ3v) is 3.41. The van der Waals surface area contributed by atoms with Gasteiger partial charge in [0.05, 0.1) is 11.2 Å². The van der Waals surface area contributed by atoms with Crippen LogP contribution in [0.5, 0.6) is 0 Å². The van der Waals surface area contributed by atoms with Gasteiger partial charge in [-0.3, -0.25) is 9.69 Å². The van der Waals surface area contributed by atoms with E-state index in [2.05, 4.69) is 9.97 Å². The molecule has 0 fully saturated rings. The molecule has 2 rings (SSSR count). The van der Waals surface area contributed by atoms with Gasteiger partial charge in [-0.15, -0.1) is 0 Å². The molecule has 132 valence electrons. The minimum Gasteiger partial charge on any atom is -0.476 e. The van der Waals surface area contributed by atoms with Crippen molar-refractivity contribution >= 4 is 29.4 Å². The Balaban J connectivity index is 2.36. The van der Waals surface area contributed by atoms with E-state index in [0.717, 1.165) is 6.20 Å². The molecule has 1 aromatic carbocycles. The van der Waals surface area contributed by atoms with Crippen LogP contribution < -0.4 is 4.90 Å². The fraction of sp³-hybridized carbons (Fsp3) is 0.200. The number of benzene rings is 1. The van der Waals surface area contributed by atoms with E-state index in [1.807, 2.05) is 0 Å². The first kappa shape index (κ1) is 18.7. The number of anilines is 1. The van der Waals surface area contributed by atoms with Gasteiger partial charge in [0, 0.05) is 6.54 Å². The molecule has 0 aliphatic carbocycles. The molecule has 0 aliphatic heterocycles. The van der Waals surface area contributed by atoms with Gasteiger partial charge in [0.1, 0.15) is 0 Å². The van der Waals surface area contributed by atoms with Crippen LogP contribution in [-0.2, 0) is 11.2 Å². The van der Waals surface area contributed by atoms with Crippen molar-refractivity contribution in [3.05, 3.63) is 52.8 Å². The third-order valence-electron chi connectivity index (χ3n) is 3.13. The zero-order valence-corrected chi connectivity index (χ0v) is 13.3. The lowest BCUT2D eigenvalue weighted by Crippen LogP contribution is -2.43. The van der Waals surface area contributed by atoms with Gasteiger partial charge in [0.15, 0.2) is 5.69 Å². The topological polar surface area (TPSA) is 83.4 Å². The van der Waals surface area contributed by atoms with E-state index in [9.17, 15) is 22.8 Å². The summed E-state index contributed by atoms with van der Waals surface area (Å²) in [5, 5.41) is 8.63. The van der Waals surface area contributed by atoms with Crippen LogP contribution in [0.1, 0.15) is 16.1 Å². The molecule has 6 nitrogen and oxygen atoms in total. The van der Waals surface area contributed by atoms with Crippen LogP contribution in [0.3, 0.4) is 0 Å². The van der Waals surface area contributed by atoms with Gasteiger partial charge in [-0.25, -0.2) is 14.8 Å². The maximum absolute atomic E-state index is 12.9. The molecule has 1 heterocycles. The smallest absolute Gasteiger partial charge is 0.471 e. The Bertz CT molecular complexity index is 785. The number of rotatable bonds is 5. The first-order valence-corrected chi connectivity index (χ1v) is 7.26. The lowest BCUT2D eigenvalue weighted by molar-refractivity contribution is -0.170. The summed E-state index contributed by atoms with van der Waals surface area (Å²) >= 11 is 5.61. The van der Waals surface area contributed by atoms with Crippen LogP contribution >= 0.6 is 11.6 Å². The summed E-state index contributed by atoms with van der Waals surface area (Å²) in [7, 11) is 0. The number of hydrogen-bond acceptors (Lipinski definition) is 4. The Labute approximate surface area is 144 Å². The second-order valence-electron chi connectivity index (χ2n) is 4.86. The molecular weight excluding hydrogens is 363 g/mol. The Hall–Kier alpha value is -2.68. The summed E-state index contributed by atoms with van der Waals surface area (Å²) in [6, 6.07) is 8.51. The third kappa shape index (κ3) is 4.66. The molecule has 1 aromatic heterocycles. The number of halogens is 4. The standard InChI is InChI=1S/C15H11ClF3N3O3/c16-10-8-20-14(21-11(10)12(23)24)22(13(25)15(17,18)19)7-6-9-4-2-1-3-5-9/h1-5,8H,6-7H2,(H,23,24). The van der Waals surface area contributed by atoms with E-state index in [4.69, 9.17) is 16.7 Å².